The van der Waals surface area contributed by atoms with Gasteiger partial charge in [-0.15, -0.1) is 5.10 Å². The highest BCUT2D eigenvalue weighted by Gasteiger charge is 2.46. The van der Waals surface area contributed by atoms with Crippen LogP contribution in [0.1, 0.15) is 25.2 Å². The molecular formula is C16H16N4O4. The Kier molecular flexibility index (Phi) is 3.80. The van der Waals surface area contributed by atoms with Crippen molar-refractivity contribution in [3.05, 3.63) is 35.6 Å². The van der Waals surface area contributed by atoms with Crippen LogP contribution in [0.25, 0.3) is 11.0 Å². The third kappa shape index (κ3) is 2.73. The summed E-state index contributed by atoms with van der Waals surface area (Å²) in [6, 6.07) is 6.65. The molecule has 1 aliphatic rings. The lowest BCUT2D eigenvalue weighted by molar-refractivity contribution is -0.124. The second-order valence-electron chi connectivity index (χ2n) is 5.51. The molecule has 8 nitrogen and oxygen atoms in total. The molecule has 3 amide bonds. The smallest absolute Gasteiger partial charge is 0.322 e. The van der Waals surface area contributed by atoms with Crippen LogP contribution in [0, 0.1) is 0 Å². The van der Waals surface area contributed by atoms with Crippen molar-refractivity contribution >= 4 is 35.0 Å². The first-order chi connectivity index (χ1) is 11.4. The third-order valence-corrected chi connectivity index (χ3v) is 3.78. The Morgan fingerprint density at radius 2 is 2.12 bits per heavy atom. The van der Waals surface area contributed by atoms with Crippen molar-refractivity contribution in [2.75, 3.05) is 7.11 Å². The lowest BCUT2D eigenvalue weighted by Crippen LogP contribution is -2.40. The molecule has 2 aromatic rings. The lowest BCUT2D eigenvalue weighted by atomic mass is 9.99. The second kappa shape index (κ2) is 5.80. The molecule has 1 fully saturated rings. The van der Waals surface area contributed by atoms with E-state index in [0.717, 1.165) is 10.9 Å². The molecule has 1 unspecified atom stereocenters. The van der Waals surface area contributed by atoms with Crippen LogP contribution in [0.4, 0.5) is 4.79 Å². The largest absolute Gasteiger partial charge is 0.483 e. The minimum atomic E-state index is -1.22. The highest BCUT2D eigenvalue weighted by molar-refractivity contribution is 6.07. The monoisotopic (exact) mass is 328 g/mol. The van der Waals surface area contributed by atoms with E-state index in [0.29, 0.717) is 17.2 Å². The Balaban J connectivity index is 1.92. The van der Waals surface area contributed by atoms with Gasteiger partial charge >= 0.3 is 6.03 Å². The van der Waals surface area contributed by atoms with Crippen molar-refractivity contribution in [3.8, 4) is 0 Å². The third-order valence-electron chi connectivity index (χ3n) is 3.78. The molecule has 1 saturated heterocycles. The van der Waals surface area contributed by atoms with E-state index in [9.17, 15) is 9.59 Å². The summed E-state index contributed by atoms with van der Waals surface area (Å²) < 4.78 is 10.7. The average Bonchev–Trinajstić information content (AvgIpc) is 3.08. The van der Waals surface area contributed by atoms with Crippen molar-refractivity contribution in [3.63, 3.8) is 0 Å². The number of carbonyl (C=O) groups excluding carboxylic acids is 2. The van der Waals surface area contributed by atoms with Gasteiger partial charge in [0.2, 0.25) is 5.90 Å². The first-order valence-corrected chi connectivity index (χ1v) is 7.21. The van der Waals surface area contributed by atoms with Crippen LogP contribution < -0.4 is 10.6 Å². The van der Waals surface area contributed by atoms with E-state index in [1.54, 1.807) is 32.2 Å². The van der Waals surface area contributed by atoms with E-state index in [-0.39, 0.29) is 0 Å². The highest BCUT2D eigenvalue weighted by Crippen LogP contribution is 2.30. The molecule has 2 heterocycles. The second-order valence-corrected chi connectivity index (χ2v) is 5.51. The summed E-state index contributed by atoms with van der Waals surface area (Å²) in [4.78, 5) is 23.4. The van der Waals surface area contributed by atoms with Gasteiger partial charge in [0.1, 0.15) is 11.3 Å². The Labute approximate surface area is 137 Å². The van der Waals surface area contributed by atoms with Gasteiger partial charge in [0.05, 0.1) is 13.3 Å². The lowest BCUT2D eigenvalue weighted by Gasteiger charge is -2.16. The fourth-order valence-corrected chi connectivity index (χ4v) is 2.31. The number of imide groups is 1. The molecule has 8 heteroatoms. The summed E-state index contributed by atoms with van der Waals surface area (Å²) in [5, 5.41) is 13.4. The van der Waals surface area contributed by atoms with Gasteiger partial charge in [0.15, 0.2) is 5.54 Å². The summed E-state index contributed by atoms with van der Waals surface area (Å²) in [6.45, 7) is 3.29. The molecule has 0 bridgehead atoms. The first kappa shape index (κ1) is 15.7. The normalized spacial score (nSPS) is 21.4. The molecule has 2 N–H and O–H groups in total. The number of nitrogens with zero attached hydrogens (tertiary/aromatic N) is 2. The van der Waals surface area contributed by atoms with Gasteiger partial charge < -0.3 is 14.5 Å². The Morgan fingerprint density at radius 3 is 2.79 bits per heavy atom. The number of amides is 3. The number of methoxy groups -OCH3 is 1. The van der Waals surface area contributed by atoms with Crippen LogP contribution in [-0.2, 0) is 15.1 Å². The molecular weight excluding hydrogens is 312 g/mol. The SMILES string of the molecule is CO/C(C)=N\N=C\c1ccc2cc(C3(C)NC(=O)NC3=O)oc2c1. The van der Waals surface area contributed by atoms with Gasteiger partial charge in [-0.2, -0.15) is 5.10 Å². The van der Waals surface area contributed by atoms with Gasteiger partial charge in [-0.05, 0) is 24.6 Å². The van der Waals surface area contributed by atoms with Gasteiger partial charge in [-0.25, -0.2) is 4.79 Å². The van der Waals surface area contributed by atoms with Gasteiger partial charge in [-0.1, -0.05) is 12.1 Å². The maximum atomic E-state index is 12.0. The van der Waals surface area contributed by atoms with Crippen LogP contribution in [0.3, 0.4) is 0 Å². The number of hydrogen-bond donors (Lipinski definition) is 2. The Hall–Kier alpha value is -3.16. The highest BCUT2D eigenvalue weighted by atomic mass is 16.5. The van der Waals surface area contributed by atoms with Crippen molar-refractivity contribution in [1.29, 1.82) is 0 Å². The number of furan rings is 1. The molecule has 0 saturated carbocycles. The van der Waals surface area contributed by atoms with Crippen LogP contribution in [0.15, 0.2) is 38.9 Å². The summed E-state index contributed by atoms with van der Waals surface area (Å²) >= 11 is 0. The van der Waals surface area contributed by atoms with Crippen LogP contribution in [0.2, 0.25) is 0 Å². The van der Waals surface area contributed by atoms with E-state index in [4.69, 9.17) is 9.15 Å². The molecule has 0 radical (unpaired) electrons. The summed E-state index contributed by atoms with van der Waals surface area (Å²) in [7, 11) is 1.52. The number of benzene rings is 1. The average molecular weight is 328 g/mol. The predicted molar refractivity (Wildman–Crippen MR) is 88.0 cm³/mol. The first-order valence-electron chi connectivity index (χ1n) is 7.21. The summed E-state index contributed by atoms with van der Waals surface area (Å²) in [5.41, 5.74) is 0.141. The van der Waals surface area contributed by atoms with E-state index in [1.807, 2.05) is 12.1 Å². The molecule has 1 aliphatic heterocycles. The molecule has 124 valence electrons. The maximum absolute atomic E-state index is 12.0. The summed E-state index contributed by atoms with van der Waals surface area (Å²) in [6.07, 6.45) is 1.57. The number of nitrogens with one attached hydrogen (secondary N) is 2. The number of fused-ring (bicyclic) bond motifs is 1. The minimum Gasteiger partial charge on any atom is -0.483 e. The number of urea groups is 1. The van der Waals surface area contributed by atoms with Crippen molar-refractivity contribution < 1.29 is 18.7 Å². The molecule has 0 aliphatic carbocycles. The van der Waals surface area contributed by atoms with Crippen LogP contribution in [-0.4, -0.2) is 31.2 Å². The number of ether oxygens (including phenoxy) is 1. The Bertz CT molecular complexity index is 883. The zero-order valence-corrected chi connectivity index (χ0v) is 13.4. The number of hydrogen-bond acceptors (Lipinski definition) is 6. The van der Waals surface area contributed by atoms with E-state index in [2.05, 4.69) is 20.8 Å². The standard InChI is InChI=1S/C16H16N4O4/c1-9(23-3)20-17-8-10-4-5-11-7-13(24-12(11)6-10)16(2)14(21)18-15(22)19-16/h4-8H,1-3H3,(H2,18,19,21,22)/b17-8+,20-9-. The van der Waals surface area contributed by atoms with Gasteiger partial charge in [0.25, 0.3) is 5.91 Å². The molecule has 3 rings (SSSR count). The van der Waals surface area contributed by atoms with Crippen LogP contribution >= 0.6 is 0 Å². The zero-order valence-electron chi connectivity index (χ0n) is 13.4. The van der Waals surface area contributed by atoms with Crippen molar-refractivity contribution in [2.45, 2.75) is 19.4 Å². The molecule has 0 spiro atoms. The van der Waals surface area contributed by atoms with Gasteiger partial charge in [-0.3, -0.25) is 10.1 Å². The fraction of sp³-hybridized carbons (Fsp3) is 0.250. The van der Waals surface area contributed by atoms with Crippen LogP contribution in [0.5, 0.6) is 0 Å². The predicted octanol–water partition coefficient (Wildman–Crippen LogP) is 1.89. The minimum absolute atomic E-state index is 0.364. The summed E-state index contributed by atoms with van der Waals surface area (Å²) in [5.74, 6) is 0.365. The Morgan fingerprint density at radius 1 is 1.33 bits per heavy atom. The number of rotatable bonds is 3. The quantitative estimate of drug-likeness (QED) is 0.388. The van der Waals surface area contributed by atoms with Gasteiger partial charge in [0, 0.05) is 12.3 Å². The van der Waals surface area contributed by atoms with Crippen molar-refractivity contribution in [2.24, 2.45) is 10.2 Å². The molecule has 1 aromatic heterocycles. The zero-order chi connectivity index (χ0) is 17.3. The fourth-order valence-electron chi connectivity index (χ4n) is 2.31. The molecule has 24 heavy (non-hydrogen) atoms. The topological polar surface area (TPSA) is 105 Å². The molecule has 1 aromatic carbocycles. The van der Waals surface area contributed by atoms with E-state index >= 15 is 0 Å². The van der Waals surface area contributed by atoms with E-state index in [1.165, 1.54) is 7.11 Å². The molecule has 1 atom stereocenters. The number of carbonyl (C=O) groups is 2. The maximum Gasteiger partial charge on any atom is 0.322 e. The van der Waals surface area contributed by atoms with E-state index < -0.39 is 17.5 Å². The van der Waals surface area contributed by atoms with Crippen molar-refractivity contribution in [1.82, 2.24) is 10.6 Å².